The van der Waals surface area contributed by atoms with Crippen LogP contribution in [0.2, 0.25) is 10.0 Å². The molecule has 0 amide bonds. The fourth-order valence-corrected chi connectivity index (χ4v) is 1.25. The molecule has 0 aliphatic rings. The number of benzene rings is 1. The van der Waals surface area contributed by atoms with E-state index in [0.717, 1.165) is 5.56 Å². The summed E-state index contributed by atoms with van der Waals surface area (Å²) >= 11 is 11.6. The zero-order chi connectivity index (χ0) is 10.4. The maximum Gasteiger partial charge on any atom is 0.135 e. The lowest BCUT2D eigenvalue weighted by molar-refractivity contribution is 0.176. The molecule has 1 rings (SSSR count). The van der Waals surface area contributed by atoms with Crippen molar-refractivity contribution < 1.29 is 4.84 Å². The highest BCUT2D eigenvalue weighted by Crippen LogP contribution is 2.19. The first-order chi connectivity index (χ1) is 6.74. The summed E-state index contributed by atoms with van der Waals surface area (Å²) in [6, 6.07) is 5.16. The first-order valence-electron chi connectivity index (χ1n) is 3.95. The second-order valence-electron chi connectivity index (χ2n) is 2.48. The number of hydrogen-bond acceptors (Lipinski definition) is 2. The fraction of sp³-hybridized carbons (Fsp3) is 0.100. The molecule has 0 unspecified atom stereocenters. The molecule has 0 aliphatic heterocycles. The van der Waals surface area contributed by atoms with E-state index in [1.54, 1.807) is 24.3 Å². The Bertz CT molecular complexity index is 350. The Morgan fingerprint density at radius 3 is 2.86 bits per heavy atom. The standard InChI is InChI=1S/C10H9Cl2NO/c1-2-5-14-13-7-8-3-4-9(11)6-10(8)12/h2-4,6-7H,1,5H2. The van der Waals surface area contributed by atoms with Gasteiger partial charge in [0.2, 0.25) is 0 Å². The van der Waals surface area contributed by atoms with Crippen molar-refractivity contribution in [3.05, 3.63) is 46.5 Å². The third kappa shape index (κ3) is 3.40. The molecule has 0 saturated heterocycles. The van der Waals surface area contributed by atoms with E-state index >= 15 is 0 Å². The van der Waals surface area contributed by atoms with E-state index in [1.807, 2.05) is 0 Å². The molecule has 1 aromatic rings. The van der Waals surface area contributed by atoms with Gasteiger partial charge in [0.05, 0.1) is 11.2 Å². The minimum absolute atomic E-state index is 0.377. The van der Waals surface area contributed by atoms with Crippen LogP contribution in [0.5, 0.6) is 0 Å². The summed E-state index contributed by atoms with van der Waals surface area (Å²) < 4.78 is 0. The second-order valence-corrected chi connectivity index (χ2v) is 3.33. The van der Waals surface area contributed by atoms with Gasteiger partial charge in [0.15, 0.2) is 0 Å². The third-order valence-corrected chi connectivity index (χ3v) is 1.98. The van der Waals surface area contributed by atoms with Crippen molar-refractivity contribution in [2.24, 2.45) is 5.16 Å². The van der Waals surface area contributed by atoms with Gasteiger partial charge in [-0.05, 0) is 12.1 Å². The zero-order valence-corrected chi connectivity index (χ0v) is 8.92. The summed E-state index contributed by atoms with van der Waals surface area (Å²) in [5.74, 6) is 0. The predicted octanol–water partition coefficient (Wildman–Crippen LogP) is 3.53. The van der Waals surface area contributed by atoms with Gasteiger partial charge in [-0.25, -0.2) is 0 Å². The molecule has 0 aliphatic carbocycles. The van der Waals surface area contributed by atoms with Crippen LogP contribution in [0.3, 0.4) is 0 Å². The summed E-state index contributed by atoms with van der Waals surface area (Å²) in [6.07, 6.45) is 3.14. The van der Waals surface area contributed by atoms with Crippen molar-refractivity contribution in [3.63, 3.8) is 0 Å². The van der Waals surface area contributed by atoms with Gasteiger partial charge < -0.3 is 4.84 Å². The number of oxime groups is 1. The fourth-order valence-electron chi connectivity index (χ4n) is 0.796. The maximum absolute atomic E-state index is 5.89. The molecule has 0 spiro atoms. The lowest BCUT2D eigenvalue weighted by Crippen LogP contribution is -1.86. The summed E-state index contributed by atoms with van der Waals surface area (Å²) in [6.45, 7) is 3.87. The number of halogens is 2. The SMILES string of the molecule is C=CCON=Cc1ccc(Cl)cc1Cl. The Morgan fingerprint density at radius 2 is 2.21 bits per heavy atom. The van der Waals surface area contributed by atoms with Crippen molar-refractivity contribution in [2.75, 3.05) is 6.61 Å². The Hall–Kier alpha value is -0.990. The van der Waals surface area contributed by atoms with Crippen LogP contribution in [-0.4, -0.2) is 12.8 Å². The first kappa shape index (κ1) is 11.1. The van der Waals surface area contributed by atoms with Gasteiger partial charge in [-0.2, -0.15) is 0 Å². The quantitative estimate of drug-likeness (QED) is 0.335. The largest absolute Gasteiger partial charge is 0.392 e. The van der Waals surface area contributed by atoms with Crippen molar-refractivity contribution in [1.82, 2.24) is 0 Å². The molecule has 0 saturated carbocycles. The molecule has 14 heavy (non-hydrogen) atoms. The van der Waals surface area contributed by atoms with E-state index in [1.165, 1.54) is 6.21 Å². The Balaban J connectivity index is 2.67. The topological polar surface area (TPSA) is 21.6 Å². The zero-order valence-electron chi connectivity index (χ0n) is 7.41. The molecule has 0 fully saturated rings. The van der Waals surface area contributed by atoms with Crippen LogP contribution in [0.1, 0.15) is 5.56 Å². The van der Waals surface area contributed by atoms with Crippen LogP contribution in [0.15, 0.2) is 36.0 Å². The maximum atomic E-state index is 5.89. The summed E-state index contributed by atoms with van der Waals surface area (Å²) in [5.41, 5.74) is 0.764. The normalized spacial score (nSPS) is 10.4. The molecule has 0 atom stereocenters. The highest BCUT2D eigenvalue weighted by Gasteiger charge is 1.97. The van der Waals surface area contributed by atoms with E-state index < -0.39 is 0 Å². The van der Waals surface area contributed by atoms with Gasteiger partial charge in [-0.1, -0.05) is 47.1 Å². The molecule has 0 aromatic heterocycles. The summed E-state index contributed by atoms with van der Waals surface area (Å²) in [5, 5.41) is 4.84. The monoisotopic (exact) mass is 229 g/mol. The van der Waals surface area contributed by atoms with E-state index in [0.29, 0.717) is 16.7 Å². The summed E-state index contributed by atoms with van der Waals surface area (Å²) in [4.78, 5) is 4.83. The molecule has 2 nitrogen and oxygen atoms in total. The van der Waals surface area contributed by atoms with E-state index in [9.17, 15) is 0 Å². The number of nitrogens with zero attached hydrogens (tertiary/aromatic N) is 1. The Morgan fingerprint density at radius 1 is 1.43 bits per heavy atom. The van der Waals surface area contributed by atoms with Gasteiger partial charge in [0.1, 0.15) is 6.61 Å². The lowest BCUT2D eigenvalue weighted by atomic mass is 10.2. The molecule has 1 aromatic carbocycles. The highest BCUT2D eigenvalue weighted by atomic mass is 35.5. The van der Waals surface area contributed by atoms with E-state index in [-0.39, 0.29) is 0 Å². The molecule has 0 N–H and O–H groups in total. The van der Waals surface area contributed by atoms with Crippen molar-refractivity contribution in [1.29, 1.82) is 0 Å². The van der Waals surface area contributed by atoms with Crippen molar-refractivity contribution in [2.45, 2.75) is 0 Å². The van der Waals surface area contributed by atoms with E-state index in [2.05, 4.69) is 11.7 Å². The van der Waals surface area contributed by atoms with Crippen LogP contribution in [-0.2, 0) is 4.84 Å². The minimum Gasteiger partial charge on any atom is -0.392 e. The van der Waals surface area contributed by atoms with Gasteiger partial charge in [0, 0.05) is 10.6 Å². The van der Waals surface area contributed by atoms with Crippen molar-refractivity contribution in [3.8, 4) is 0 Å². The lowest BCUT2D eigenvalue weighted by Gasteiger charge is -1.97. The smallest absolute Gasteiger partial charge is 0.135 e. The molecule has 0 heterocycles. The van der Waals surface area contributed by atoms with Gasteiger partial charge in [0.25, 0.3) is 0 Å². The highest BCUT2D eigenvalue weighted by molar-refractivity contribution is 6.36. The predicted molar refractivity (Wildman–Crippen MR) is 60.2 cm³/mol. The molecular formula is C10H9Cl2NO. The second kappa shape index (κ2) is 5.68. The van der Waals surface area contributed by atoms with Crippen LogP contribution in [0.25, 0.3) is 0 Å². The van der Waals surface area contributed by atoms with Crippen molar-refractivity contribution >= 4 is 29.4 Å². The molecule has 0 radical (unpaired) electrons. The van der Waals surface area contributed by atoms with E-state index in [4.69, 9.17) is 28.0 Å². The number of hydrogen-bond donors (Lipinski definition) is 0. The molecule has 74 valence electrons. The van der Waals surface area contributed by atoms with Crippen LogP contribution in [0, 0.1) is 0 Å². The molecule has 0 bridgehead atoms. The number of rotatable bonds is 4. The third-order valence-electron chi connectivity index (χ3n) is 1.42. The molecular weight excluding hydrogens is 221 g/mol. The average Bonchev–Trinajstić information content (AvgIpc) is 2.15. The first-order valence-corrected chi connectivity index (χ1v) is 4.71. The van der Waals surface area contributed by atoms with Gasteiger partial charge in [-0.15, -0.1) is 0 Å². The summed E-state index contributed by atoms with van der Waals surface area (Å²) in [7, 11) is 0. The Labute approximate surface area is 92.8 Å². The van der Waals surface area contributed by atoms with Crippen LogP contribution >= 0.6 is 23.2 Å². The molecule has 4 heteroatoms. The minimum atomic E-state index is 0.377. The average molecular weight is 230 g/mol. The van der Waals surface area contributed by atoms with Crippen LogP contribution < -0.4 is 0 Å². The van der Waals surface area contributed by atoms with Crippen LogP contribution in [0.4, 0.5) is 0 Å². The Kier molecular flexibility index (Phi) is 4.50. The van der Waals surface area contributed by atoms with Gasteiger partial charge in [-0.3, -0.25) is 0 Å². The van der Waals surface area contributed by atoms with Gasteiger partial charge >= 0.3 is 0 Å².